The molecule has 1 saturated heterocycles. The van der Waals surface area contributed by atoms with Crippen molar-refractivity contribution in [2.24, 2.45) is 13.0 Å². The van der Waals surface area contributed by atoms with Crippen LogP contribution in [0.2, 0.25) is 0 Å². The SMILES string of the molecule is Cn1ccnc1[C@@H]1OCC[C@H]1CNCc1ccn[nH]1. The minimum atomic E-state index is 0.106. The van der Waals surface area contributed by atoms with Gasteiger partial charge < -0.3 is 14.6 Å². The monoisotopic (exact) mass is 261 g/mol. The van der Waals surface area contributed by atoms with Gasteiger partial charge in [0.15, 0.2) is 0 Å². The molecule has 2 aromatic heterocycles. The highest BCUT2D eigenvalue weighted by Crippen LogP contribution is 2.32. The molecule has 2 N–H and O–H groups in total. The van der Waals surface area contributed by atoms with Crippen molar-refractivity contribution in [2.45, 2.75) is 19.1 Å². The van der Waals surface area contributed by atoms with Gasteiger partial charge in [0.05, 0.1) is 0 Å². The Morgan fingerprint density at radius 3 is 3.21 bits per heavy atom. The van der Waals surface area contributed by atoms with Crippen LogP contribution >= 0.6 is 0 Å². The second-order valence-electron chi connectivity index (χ2n) is 4.95. The van der Waals surface area contributed by atoms with E-state index in [9.17, 15) is 0 Å². The highest BCUT2D eigenvalue weighted by molar-refractivity contribution is 5.01. The highest BCUT2D eigenvalue weighted by atomic mass is 16.5. The van der Waals surface area contributed by atoms with E-state index in [1.54, 1.807) is 6.20 Å². The van der Waals surface area contributed by atoms with Crippen LogP contribution in [0, 0.1) is 5.92 Å². The van der Waals surface area contributed by atoms with E-state index in [1.807, 2.05) is 30.1 Å². The van der Waals surface area contributed by atoms with Crippen LogP contribution in [0.15, 0.2) is 24.7 Å². The van der Waals surface area contributed by atoms with Crippen LogP contribution in [0.25, 0.3) is 0 Å². The lowest BCUT2D eigenvalue weighted by atomic mass is 10.0. The maximum Gasteiger partial charge on any atom is 0.137 e. The maximum absolute atomic E-state index is 5.84. The van der Waals surface area contributed by atoms with Crippen LogP contribution in [0.5, 0.6) is 0 Å². The van der Waals surface area contributed by atoms with Crippen LogP contribution in [-0.4, -0.2) is 32.9 Å². The van der Waals surface area contributed by atoms with E-state index in [4.69, 9.17) is 4.74 Å². The Morgan fingerprint density at radius 1 is 1.53 bits per heavy atom. The number of hydrogen-bond donors (Lipinski definition) is 2. The fraction of sp³-hybridized carbons (Fsp3) is 0.538. The molecule has 1 aliphatic heterocycles. The van der Waals surface area contributed by atoms with Crippen LogP contribution < -0.4 is 5.32 Å². The first-order valence-electron chi connectivity index (χ1n) is 6.62. The van der Waals surface area contributed by atoms with E-state index in [2.05, 4.69) is 20.5 Å². The molecule has 0 unspecified atom stereocenters. The molecule has 102 valence electrons. The third-order valence-corrected chi connectivity index (χ3v) is 3.61. The standard InChI is InChI=1S/C13H19N5O/c1-18-6-5-15-13(18)12-10(3-7-19-12)8-14-9-11-2-4-16-17-11/h2,4-6,10,12,14H,3,7-9H2,1H3,(H,16,17)/t10-,12+/m0/s1. The second kappa shape index (κ2) is 5.54. The number of rotatable bonds is 5. The first-order valence-corrected chi connectivity index (χ1v) is 6.62. The van der Waals surface area contributed by atoms with Crippen molar-refractivity contribution >= 4 is 0 Å². The summed E-state index contributed by atoms with van der Waals surface area (Å²) >= 11 is 0. The summed E-state index contributed by atoms with van der Waals surface area (Å²) < 4.78 is 7.87. The zero-order valence-electron chi connectivity index (χ0n) is 11.0. The second-order valence-corrected chi connectivity index (χ2v) is 4.95. The number of nitrogens with one attached hydrogen (secondary N) is 2. The van der Waals surface area contributed by atoms with Crippen LogP contribution in [0.3, 0.4) is 0 Å². The van der Waals surface area contributed by atoms with Gasteiger partial charge >= 0.3 is 0 Å². The predicted molar refractivity (Wildman–Crippen MR) is 70.3 cm³/mol. The Kier molecular flexibility index (Phi) is 3.61. The van der Waals surface area contributed by atoms with Crippen molar-refractivity contribution in [3.8, 4) is 0 Å². The summed E-state index contributed by atoms with van der Waals surface area (Å²) in [7, 11) is 2.01. The topological polar surface area (TPSA) is 67.8 Å². The Balaban J connectivity index is 1.56. The molecule has 0 bridgehead atoms. The van der Waals surface area contributed by atoms with Crippen molar-refractivity contribution in [3.05, 3.63) is 36.2 Å². The molecule has 3 rings (SSSR count). The molecule has 1 aliphatic rings. The molecule has 19 heavy (non-hydrogen) atoms. The first-order chi connectivity index (χ1) is 9.34. The van der Waals surface area contributed by atoms with E-state index in [-0.39, 0.29) is 6.10 Å². The average Bonchev–Trinajstić information content (AvgIpc) is 3.10. The number of ether oxygens (including phenoxy) is 1. The number of aromatic amines is 1. The van der Waals surface area contributed by atoms with Crippen molar-refractivity contribution in [1.82, 2.24) is 25.1 Å². The number of imidazole rings is 1. The van der Waals surface area contributed by atoms with Gasteiger partial charge in [0.1, 0.15) is 11.9 Å². The smallest absolute Gasteiger partial charge is 0.137 e. The fourth-order valence-electron chi connectivity index (χ4n) is 2.55. The molecular weight excluding hydrogens is 242 g/mol. The van der Waals surface area contributed by atoms with Gasteiger partial charge in [-0.3, -0.25) is 5.10 Å². The molecular formula is C13H19N5O. The molecule has 0 radical (unpaired) electrons. The van der Waals surface area contributed by atoms with Gasteiger partial charge in [0.2, 0.25) is 0 Å². The van der Waals surface area contributed by atoms with Crippen molar-refractivity contribution in [1.29, 1.82) is 0 Å². The van der Waals surface area contributed by atoms with Gasteiger partial charge in [0.25, 0.3) is 0 Å². The van der Waals surface area contributed by atoms with Crippen molar-refractivity contribution in [2.75, 3.05) is 13.2 Å². The van der Waals surface area contributed by atoms with Gasteiger partial charge in [-0.15, -0.1) is 0 Å². The van der Waals surface area contributed by atoms with Gasteiger partial charge in [-0.1, -0.05) is 0 Å². The molecule has 2 aromatic rings. The Hall–Kier alpha value is -1.66. The molecule has 0 amide bonds. The maximum atomic E-state index is 5.84. The van der Waals surface area contributed by atoms with E-state index < -0.39 is 0 Å². The molecule has 2 atom stereocenters. The van der Waals surface area contributed by atoms with Gasteiger partial charge in [0, 0.05) is 56.9 Å². The Bertz CT molecular complexity index is 507. The van der Waals surface area contributed by atoms with Crippen molar-refractivity contribution in [3.63, 3.8) is 0 Å². The quantitative estimate of drug-likeness (QED) is 0.843. The zero-order valence-corrected chi connectivity index (χ0v) is 11.0. The molecule has 0 saturated carbocycles. The molecule has 6 nitrogen and oxygen atoms in total. The van der Waals surface area contributed by atoms with Crippen LogP contribution in [-0.2, 0) is 18.3 Å². The third-order valence-electron chi connectivity index (χ3n) is 3.61. The minimum absolute atomic E-state index is 0.106. The van der Waals surface area contributed by atoms with Gasteiger partial charge in [-0.05, 0) is 12.5 Å². The summed E-state index contributed by atoms with van der Waals surface area (Å²) in [6, 6.07) is 1.98. The summed E-state index contributed by atoms with van der Waals surface area (Å²) in [5, 5.41) is 10.3. The minimum Gasteiger partial charge on any atom is -0.370 e. The average molecular weight is 261 g/mol. The number of aryl methyl sites for hydroxylation is 1. The Morgan fingerprint density at radius 2 is 2.47 bits per heavy atom. The number of hydrogen-bond acceptors (Lipinski definition) is 4. The van der Waals surface area contributed by atoms with Crippen LogP contribution in [0.4, 0.5) is 0 Å². The fourth-order valence-corrected chi connectivity index (χ4v) is 2.55. The summed E-state index contributed by atoms with van der Waals surface area (Å²) in [5.41, 5.74) is 1.10. The summed E-state index contributed by atoms with van der Waals surface area (Å²) in [5.74, 6) is 1.50. The molecule has 1 fully saturated rings. The first kappa shape index (κ1) is 12.4. The van der Waals surface area contributed by atoms with Crippen LogP contribution in [0.1, 0.15) is 24.0 Å². The highest BCUT2D eigenvalue weighted by Gasteiger charge is 2.31. The van der Waals surface area contributed by atoms with E-state index >= 15 is 0 Å². The molecule has 0 aliphatic carbocycles. The van der Waals surface area contributed by atoms with Gasteiger partial charge in [-0.2, -0.15) is 5.10 Å². The van der Waals surface area contributed by atoms with E-state index in [1.165, 1.54) is 0 Å². The molecule has 0 aromatic carbocycles. The zero-order chi connectivity index (χ0) is 13.1. The molecule has 0 spiro atoms. The number of aromatic nitrogens is 4. The van der Waals surface area contributed by atoms with E-state index in [0.29, 0.717) is 5.92 Å². The van der Waals surface area contributed by atoms with Gasteiger partial charge in [-0.25, -0.2) is 4.98 Å². The van der Waals surface area contributed by atoms with Crippen molar-refractivity contribution < 1.29 is 4.74 Å². The lowest BCUT2D eigenvalue weighted by Crippen LogP contribution is -2.25. The lowest BCUT2D eigenvalue weighted by Gasteiger charge is -2.18. The normalized spacial score (nSPS) is 23.0. The number of nitrogens with zero attached hydrogens (tertiary/aromatic N) is 3. The lowest BCUT2D eigenvalue weighted by molar-refractivity contribution is 0.0810. The predicted octanol–water partition coefficient (Wildman–Crippen LogP) is 1.01. The Labute approximate surface area is 112 Å². The molecule has 6 heteroatoms. The third kappa shape index (κ3) is 2.69. The summed E-state index contributed by atoms with van der Waals surface area (Å²) in [4.78, 5) is 4.40. The number of H-pyrrole nitrogens is 1. The summed E-state index contributed by atoms with van der Waals surface area (Å²) in [6.07, 6.45) is 6.74. The largest absolute Gasteiger partial charge is 0.370 e. The molecule has 3 heterocycles. The van der Waals surface area contributed by atoms with E-state index in [0.717, 1.165) is 37.6 Å². The summed E-state index contributed by atoms with van der Waals surface area (Å²) in [6.45, 7) is 2.55.